The van der Waals surface area contributed by atoms with E-state index >= 15 is 0 Å². The van der Waals surface area contributed by atoms with Gasteiger partial charge in [-0.05, 0) is 24.3 Å². The van der Waals surface area contributed by atoms with Crippen LogP contribution in [0, 0.1) is 0 Å². The average Bonchev–Trinajstić information content (AvgIpc) is 2.28. The lowest BCUT2D eigenvalue weighted by atomic mass is 10.3. The van der Waals surface area contributed by atoms with Crippen LogP contribution >= 0.6 is 11.6 Å². The number of nitrogen functional groups attached to an aromatic ring is 1. The molecule has 0 radical (unpaired) electrons. The standard InChI is InChI=1S/C11H7ClF3N3O2/c12-8-5-9(18-10(16)17-8)19-6-1-3-7(4-2-6)20-11(13,14)15/h1-5H,(H2,16,17,18). The second-order valence-corrected chi connectivity index (χ2v) is 3.90. The van der Waals surface area contributed by atoms with E-state index in [1.807, 2.05) is 0 Å². The summed E-state index contributed by atoms with van der Waals surface area (Å²) in [4.78, 5) is 7.40. The Bertz CT molecular complexity index is 585. The maximum atomic E-state index is 12.0. The summed E-state index contributed by atoms with van der Waals surface area (Å²) in [6.45, 7) is 0. The molecule has 2 rings (SSSR count). The van der Waals surface area contributed by atoms with E-state index in [-0.39, 0.29) is 28.5 Å². The second kappa shape index (κ2) is 5.41. The average molecular weight is 306 g/mol. The summed E-state index contributed by atoms with van der Waals surface area (Å²) in [6.07, 6.45) is -4.74. The van der Waals surface area contributed by atoms with Crippen LogP contribution in [-0.2, 0) is 0 Å². The van der Waals surface area contributed by atoms with E-state index in [2.05, 4.69) is 14.7 Å². The fourth-order valence-electron chi connectivity index (χ4n) is 1.30. The maximum Gasteiger partial charge on any atom is 0.573 e. The second-order valence-electron chi connectivity index (χ2n) is 3.51. The van der Waals surface area contributed by atoms with E-state index < -0.39 is 6.36 Å². The molecule has 20 heavy (non-hydrogen) atoms. The predicted octanol–water partition coefficient (Wildman–Crippen LogP) is 3.40. The molecule has 2 aromatic rings. The largest absolute Gasteiger partial charge is 0.573 e. The van der Waals surface area contributed by atoms with Crippen molar-refractivity contribution in [1.82, 2.24) is 9.97 Å². The quantitative estimate of drug-likeness (QED) is 0.880. The molecule has 0 unspecified atom stereocenters. The number of benzene rings is 1. The molecule has 0 amide bonds. The van der Waals surface area contributed by atoms with Crippen molar-refractivity contribution in [2.45, 2.75) is 6.36 Å². The summed E-state index contributed by atoms with van der Waals surface area (Å²) in [5, 5.41) is 0.0875. The molecule has 1 heterocycles. The summed E-state index contributed by atoms with van der Waals surface area (Å²) in [7, 11) is 0. The Hall–Kier alpha value is -2.22. The third-order valence-corrected chi connectivity index (χ3v) is 2.16. The molecule has 0 aliphatic rings. The van der Waals surface area contributed by atoms with Gasteiger partial charge < -0.3 is 15.2 Å². The zero-order valence-electron chi connectivity index (χ0n) is 9.69. The first-order valence-electron chi connectivity index (χ1n) is 5.15. The Morgan fingerprint density at radius 3 is 2.20 bits per heavy atom. The number of anilines is 1. The first-order valence-corrected chi connectivity index (χ1v) is 5.53. The van der Waals surface area contributed by atoms with Crippen molar-refractivity contribution in [2.24, 2.45) is 0 Å². The number of hydrogen-bond acceptors (Lipinski definition) is 5. The third kappa shape index (κ3) is 4.16. The first kappa shape index (κ1) is 14.2. The summed E-state index contributed by atoms with van der Waals surface area (Å²) < 4.78 is 44.9. The number of nitrogens with zero attached hydrogens (tertiary/aromatic N) is 2. The maximum absolute atomic E-state index is 12.0. The molecule has 0 saturated heterocycles. The summed E-state index contributed by atoms with van der Waals surface area (Å²) in [6, 6.07) is 6.10. The van der Waals surface area contributed by atoms with E-state index in [9.17, 15) is 13.2 Å². The van der Waals surface area contributed by atoms with E-state index in [0.717, 1.165) is 12.1 Å². The lowest BCUT2D eigenvalue weighted by Crippen LogP contribution is -2.16. The molecule has 0 aliphatic heterocycles. The summed E-state index contributed by atoms with van der Waals surface area (Å²) >= 11 is 5.66. The Balaban J connectivity index is 2.10. The minimum absolute atomic E-state index is 0.0759. The Morgan fingerprint density at radius 2 is 1.65 bits per heavy atom. The van der Waals surface area contributed by atoms with Crippen molar-refractivity contribution in [2.75, 3.05) is 5.73 Å². The highest BCUT2D eigenvalue weighted by Gasteiger charge is 2.30. The minimum Gasteiger partial charge on any atom is -0.439 e. The van der Waals surface area contributed by atoms with Crippen LogP contribution < -0.4 is 15.2 Å². The van der Waals surface area contributed by atoms with Crippen LogP contribution in [0.25, 0.3) is 0 Å². The number of rotatable bonds is 3. The van der Waals surface area contributed by atoms with Gasteiger partial charge in [-0.2, -0.15) is 4.98 Å². The van der Waals surface area contributed by atoms with Crippen LogP contribution in [-0.4, -0.2) is 16.3 Å². The topological polar surface area (TPSA) is 70.3 Å². The molecular formula is C11H7ClF3N3O2. The minimum atomic E-state index is -4.74. The third-order valence-electron chi connectivity index (χ3n) is 1.97. The molecule has 2 N–H and O–H groups in total. The van der Waals surface area contributed by atoms with Crippen molar-refractivity contribution < 1.29 is 22.6 Å². The highest BCUT2D eigenvalue weighted by molar-refractivity contribution is 6.29. The highest BCUT2D eigenvalue weighted by atomic mass is 35.5. The Labute approximate surface area is 116 Å². The van der Waals surface area contributed by atoms with Crippen LogP contribution in [0.4, 0.5) is 19.1 Å². The summed E-state index contributed by atoms with van der Waals surface area (Å²) in [5.74, 6) is -0.115. The Morgan fingerprint density at radius 1 is 1.05 bits per heavy atom. The Kier molecular flexibility index (Phi) is 3.84. The zero-order chi connectivity index (χ0) is 14.8. The van der Waals surface area contributed by atoms with Gasteiger partial charge in [-0.15, -0.1) is 13.2 Å². The smallest absolute Gasteiger partial charge is 0.439 e. The van der Waals surface area contributed by atoms with Gasteiger partial charge >= 0.3 is 6.36 Å². The van der Waals surface area contributed by atoms with Crippen molar-refractivity contribution in [3.8, 4) is 17.4 Å². The molecule has 0 bridgehead atoms. The van der Waals surface area contributed by atoms with Gasteiger partial charge in [0.1, 0.15) is 16.7 Å². The number of ether oxygens (including phenoxy) is 2. The van der Waals surface area contributed by atoms with Crippen LogP contribution in [0.1, 0.15) is 0 Å². The van der Waals surface area contributed by atoms with Crippen molar-refractivity contribution >= 4 is 17.5 Å². The fourth-order valence-corrected chi connectivity index (χ4v) is 1.48. The molecule has 0 spiro atoms. The molecule has 9 heteroatoms. The van der Waals surface area contributed by atoms with E-state index in [0.29, 0.717) is 0 Å². The predicted molar refractivity (Wildman–Crippen MR) is 64.7 cm³/mol. The molecule has 0 saturated carbocycles. The van der Waals surface area contributed by atoms with Gasteiger partial charge in [0.15, 0.2) is 0 Å². The summed E-state index contributed by atoms with van der Waals surface area (Å²) in [5.41, 5.74) is 5.37. The molecule has 5 nitrogen and oxygen atoms in total. The van der Waals surface area contributed by atoms with Crippen LogP contribution in [0.5, 0.6) is 17.4 Å². The first-order chi connectivity index (χ1) is 9.32. The van der Waals surface area contributed by atoms with Crippen LogP contribution in [0.3, 0.4) is 0 Å². The molecule has 1 aromatic heterocycles. The fraction of sp³-hybridized carbons (Fsp3) is 0.0909. The number of nitrogens with two attached hydrogens (primary N) is 1. The van der Waals surface area contributed by atoms with Crippen LogP contribution in [0.2, 0.25) is 5.15 Å². The van der Waals surface area contributed by atoms with Crippen molar-refractivity contribution in [1.29, 1.82) is 0 Å². The van der Waals surface area contributed by atoms with Gasteiger partial charge in [0, 0.05) is 6.07 Å². The number of halogens is 4. The van der Waals surface area contributed by atoms with E-state index in [1.54, 1.807) is 0 Å². The van der Waals surface area contributed by atoms with Gasteiger partial charge in [-0.3, -0.25) is 0 Å². The van der Waals surface area contributed by atoms with Gasteiger partial charge in [0.2, 0.25) is 11.8 Å². The van der Waals surface area contributed by atoms with E-state index in [4.69, 9.17) is 22.1 Å². The molecule has 0 fully saturated rings. The molecule has 106 valence electrons. The molecule has 0 atom stereocenters. The lowest BCUT2D eigenvalue weighted by Gasteiger charge is -2.09. The SMILES string of the molecule is Nc1nc(Cl)cc(Oc2ccc(OC(F)(F)F)cc2)n1. The number of alkyl halides is 3. The van der Waals surface area contributed by atoms with E-state index in [1.165, 1.54) is 18.2 Å². The number of aromatic nitrogens is 2. The van der Waals surface area contributed by atoms with Gasteiger partial charge in [-0.25, -0.2) is 4.98 Å². The van der Waals surface area contributed by atoms with Crippen molar-refractivity contribution in [3.63, 3.8) is 0 Å². The van der Waals surface area contributed by atoms with Crippen LogP contribution in [0.15, 0.2) is 30.3 Å². The highest BCUT2D eigenvalue weighted by Crippen LogP contribution is 2.27. The van der Waals surface area contributed by atoms with Gasteiger partial charge in [0.05, 0.1) is 0 Å². The number of hydrogen-bond donors (Lipinski definition) is 1. The monoisotopic (exact) mass is 305 g/mol. The normalized spacial score (nSPS) is 11.2. The molecule has 1 aromatic carbocycles. The molecular weight excluding hydrogens is 299 g/mol. The zero-order valence-corrected chi connectivity index (χ0v) is 10.4. The molecule has 0 aliphatic carbocycles. The van der Waals surface area contributed by atoms with Gasteiger partial charge in [-0.1, -0.05) is 11.6 Å². The van der Waals surface area contributed by atoms with Crippen molar-refractivity contribution in [3.05, 3.63) is 35.5 Å². The van der Waals surface area contributed by atoms with Gasteiger partial charge in [0.25, 0.3) is 0 Å². The lowest BCUT2D eigenvalue weighted by molar-refractivity contribution is -0.274.